The van der Waals surface area contributed by atoms with Gasteiger partial charge in [0.25, 0.3) is 0 Å². The fourth-order valence-corrected chi connectivity index (χ4v) is 3.76. The monoisotopic (exact) mass is 455 g/mol. The lowest BCUT2D eigenvalue weighted by atomic mass is 10.2. The van der Waals surface area contributed by atoms with E-state index in [1.807, 2.05) is 54.6 Å². The van der Waals surface area contributed by atoms with Crippen molar-refractivity contribution in [1.82, 2.24) is 15.3 Å². The molecule has 0 unspecified atom stereocenters. The molecule has 0 fully saturated rings. The summed E-state index contributed by atoms with van der Waals surface area (Å²) in [7, 11) is 1.62. The van der Waals surface area contributed by atoms with E-state index in [9.17, 15) is 0 Å². The molecule has 7 heteroatoms. The average molecular weight is 456 g/mol. The molecule has 0 aliphatic heterocycles. The number of ether oxygens (including phenoxy) is 2. The standard InChI is InChI=1S/C24H23Cl2N3O2/c1-30-22-12-17(14-27-10-9-24-28-20-7-2-3-8-21(20)29-24)19(26)13-23(22)31-15-16-5-4-6-18(25)11-16/h2-8,11-13,27H,9-10,14-15H2,1H3,(H,28,29). The van der Waals surface area contributed by atoms with Gasteiger partial charge in [0, 0.05) is 35.6 Å². The highest BCUT2D eigenvalue weighted by Gasteiger charge is 2.11. The Bertz CT molecular complexity index is 1140. The molecule has 0 bridgehead atoms. The Morgan fingerprint density at radius 3 is 2.68 bits per heavy atom. The van der Waals surface area contributed by atoms with Crippen LogP contribution in [0.15, 0.2) is 60.7 Å². The lowest BCUT2D eigenvalue weighted by Gasteiger charge is -2.14. The Balaban J connectivity index is 1.34. The molecule has 0 aliphatic carbocycles. The number of halogens is 2. The van der Waals surface area contributed by atoms with E-state index in [0.717, 1.165) is 41.0 Å². The van der Waals surface area contributed by atoms with Crippen LogP contribution >= 0.6 is 23.2 Å². The molecule has 3 aromatic carbocycles. The molecule has 4 aromatic rings. The van der Waals surface area contributed by atoms with Crippen LogP contribution in [0, 0.1) is 0 Å². The van der Waals surface area contributed by atoms with Crippen molar-refractivity contribution in [3.63, 3.8) is 0 Å². The maximum absolute atomic E-state index is 6.50. The van der Waals surface area contributed by atoms with Crippen molar-refractivity contribution in [2.45, 2.75) is 19.6 Å². The van der Waals surface area contributed by atoms with Crippen LogP contribution < -0.4 is 14.8 Å². The van der Waals surface area contributed by atoms with Crippen LogP contribution in [0.1, 0.15) is 17.0 Å². The van der Waals surface area contributed by atoms with Gasteiger partial charge in [0.1, 0.15) is 12.4 Å². The molecule has 2 N–H and O–H groups in total. The van der Waals surface area contributed by atoms with Gasteiger partial charge in [-0.3, -0.25) is 0 Å². The van der Waals surface area contributed by atoms with Crippen molar-refractivity contribution in [1.29, 1.82) is 0 Å². The van der Waals surface area contributed by atoms with Crippen LogP contribution in [0.3, 0.4) is 0 Å². The maximum atomic E-state index is 6.50. The van der Waals surface area contributed by atoms with Crippen molar-refractivity contribution in [2.75, 3.05) is 13.7 Å². The number of para-hydroxylation sites is 2. The molecule has 0 amide bonds. The summed E-state index contributed by atoms with van der Waals surface area (Å²) in [6, 6.07) is 19.3. The number of methoxy groups -OCH3 is 1. The number of nitrogens with zero attached hydrogens (tertiary/aromatic N) is 1. The molecule has 0 aliphatic rings. The highest BCUT2D eigenvalue weighted by atomic mass is 35.5. The summed E-state index contributed by atoms with van der Waals surface area (Å²) in [5.41, 5.74) is 3.96. The smallest absolute Gasteiger partial charge is 0.163 e. The van der Waals surface area contributed by atoms with E-state index >= 15 is 0 Å². The Labute approximate surface area is 191 Å². The van der Waals surface area contributed by atoms with Crippen LogP contribution in [0.5, 0.6) is 11.5 Å². The summed E-state index contributed by atoms with van der Waals surface area (Å²) in [5.74, 6) is 2.20. The predicted molar refractivity (Wildman–Crippen MR) is 125 cm³/mol. The van der Waals surface area contributed by atoms with Crippen LogP contribution in [0.4, 0.5) is 0 Å². The van der Waals surface area contributed by atoms with Gasteiger partial charge in [0.2, 0.25) is 0 Å². The molecule has 0 radical (unpaired) electrons. The second-order valence-electron chi connectivity index (χ2n) is 7.14. The van der Waals surface area contributed by atoms with E-state index in [1.165, 1.54) is 0 Å². The van der Waals surface area contributed by atoms with E-state index in [4.69, 9.17) is 32.7 Å². The number of aromatic amines is 1. The van der Waals surface area contributed by atoms with Gasteiger partial charge in [0.05, 0.1) is 18.1 Å². The molecule has 31 heavy (non-hydrogen) atoms. The third kappa shape index (κ3) is 5.50. The number of fused-ring (bicyclic) bond motifs is 1. The van der Waals surface area contributed by atoms with Gasteiger partial charge in [-0.1, -0.05) is 47.5 Å². The van der Waals surface area contributed by atoms with E-state index in [1.54, 1.807) is 13.2 Å². The van der Waals surface area contributed by atoms with E-state index in [-0.39, 0.29) is 0 Å². The van der Waals surface area contributed by atoms with Crippen LogP contribution in [0.25, 0.3) is 11.0 Å². The number of H-pyrrole nitrogens is 1. The Morgan fingerprint density at radius 1 is 1.00 bits per heavy atom. The molecule has 160 valence electrons. The zero-order chi connectivity index (χ0) is 21.6. The molecule has 1 heterocycles. The number of hydrogen-bond acceptors (Lipinski definition) is 4. The third-order valence-corrected chi connectivity index (χ3v) is 5.50. The minimum Gasteiger partial charge on any atom is -0.493 e. The van der Waals surface area contributed by atoms with Gasteiger partial charge in [-0.15, -0.1) is 0 Å². The number of rotatable bonds is 9. The molecule has 0 atom stereocenters. The number of aromatic nitrogens is 2. The molecule has 5 nitrogen and oxygen atoms in total. The first-order valence-corrected chi connectivity index (χ1v) is 10.8. The molecule has 0 spiro atoms. The fourth-order valence-electron chi connectivity index (χ4n) is 3.33. The van der Waals surface area contributed by atoms with E-state index in [0.29, 0.717) is 34.7 Å². The lowest BCUT2D eigenvalue weighted by Crippen LogP contribution is -2.17. The topological polar surface area (TPSA) is 59.2 Å². The van der Waals surface area contributed by atoms with Crippen LogP contribution in [-0.2, 0) is 19.6 Å². The van der Waals surface area contributed by atoms with Crippen molar-refractivity contribution in [3.05, 3.63) is 87.7 Å². The molecule has 0 saturated heterocycles. The minimum atomic E-state index is 0.377. The first-order valence-electron chi connectivity index (χ1n) is 10.0. The van der Waals surface area contributed by atoms with Gasteiger partial charge in [-0.25, -0.2) is 4.98 Å². The summed E-state index contributed by atoms with van der Waals surface area (Å²) in [4.78, 5) is 7.94. The maximum Gasteiger partial charge on any atom is 0.163 e. The number of imidazole rings is 1. The molecular formula is C24H23Cl2N3O2. The number of benzene rings is 3. The van der Waals surface area contributed by atoms with Gasteiger partial charge >= 0.3 is 0 Å². The first-order chi connectivity index (χ1) is 15.1. The Kier molecular flexibility index (Phi) is 6.97. The first kappa shape index (κ1) is 21.5. The van der Waals surface area contributed by atoms with Crippen LogP contribution in [-0.4, -0.2) is 23.6 Å². The fraction of sp³-hybridized carbons (Fsp3) is 0.208. The summed E-state index contributed by atoms with van der Waals surface area (Å²) < 4.78 is 11.4. The largest absolute Gasteiger partial charge is 0.493 e. The summed E-state index contributed by atoms with van der Waals surface area (Å²) in [6.45, 7) is 1.76. The highest BCUT2D eigenvalue weighted by Crippen LogP contribution is 2.34. The average Bonchev–Trinajstić information content (AvgIpc) is 3.19. The molecule has 0 saturated carbocycles. The van der Waals surface area contributed by atoms with Gasteiger partial charge < -0.3 is 19.8 Å². The second kappa shape index (κ2) is 10.1. The van der Waals surface area contributed by atoms with Gasteiger partial charge in [0.15, 0.2) is 11.5 Å². The number of nitrogens with one attached hydrogen (secondary N) is 2. The zero-order valence-electron chi connectivity index (χ0n) is 17.1. The summed E-state index contributed by atoms with van der Waals surface area (Å²) >= 11 is 12.5. The summed E-state index contributed by atoms with van der Waals surface area (Å²) in [6.07, 6.45) is 0.796. The quantitative estimate of drug-likeness (QED) is 0.313. The lowest BCUT2D eigenvalue weighted by molar-refractivity contribution is 0.284. The molecular weight excluding hydrogens is 433 g/mol. The van der Waals surface area contributed by atoms with Crippen LogP contribution in [0.2, 0.25) is 10.0 Å². The van der Waals surface area contributed by atoms with Crippen molar-refractivity contribution >= 4 is 34.2 Å². The Hall–Kier alpha value is -2.73. The van der Waals surface area contributed by atoms with Gasteiger partial charge in [-0.2, -0.15) is 0 Å². The van der Waals surface area contributed by atoms with E-state index in [2.05, 4.69) is 15.3 Å². The van der Waals surface area contributed by atoms with Crippen molar-refractivity contribution in [2.24, 2.45) is 0 Å². The minimum absolute atomic E-state index is 0.377. The number of hydrogen-bond donors (Lipinski definition) is 2. The van der Waals surface area contributed by atoms with Crippen molar-refractivity contribution in [3.8, 4) is 11.5 Å². The zero-order valence-corrected chi connectivity index (χ0v) is 18.6. The highest BCUT2D eigenvalue weighted by molar-refractivity contribution is 6.31. The van der Waals surface area contributed by atoms with Crippen molar-refractivity contribution < 1.29 is 9.47 Å². The predicted octanol–water partition coefficient (Wildman–Crippen LogP) is 5.79. The SMILES string of the molecule is COc1cc(CNCCc2nc3ccccc3[nH]2)c(Cl)cc1OCc1cccc(Cl)c1. The molecule has 1 aromatic heterocycles. The second-order valence-corrected chi connectivity index (χ2v) is 7.98. The molecule has 4 rings (SSSR count). The van der Waals surface area contributed by atoms with E-state index < -0.39 is 0 Å². The third-order valence-electron chi connectivity index (χ3n) is 4.91. The van der Waals surface area contributed by atoms with Gasteiger partial charge in [-0.05, 0) is 41.5 Å². The summed E-state index contributed by atoms with van der Waals surface area (Å²) in [5, 5.41) is 4.71. The normalized spacial score (nSPS) is 11.1. The Morgan fingerprint density at radius 2 is 1.87 bits per heavy atom.